The van der Waals surface area contributed by atoms with E-state index in [9.17, 15) is 13.2 Å². The van der Waals surface area contributed by atoms with Crippen molar-refractivity contribution >= 4 is 21.6 Å². The molecule has 1 amide bonds. The summed E-state index contributed by atoms with van der Waals surface area (Å²) < 4.78 is 27.8. The van der Waals surface area contributed by atoms with Crippen molar-refractivity contribution in [3.8, 4) is 5.75 Å². The lowest BCUT2D eigenvalue weighted by Gasteiger charge is -2.13. The Morgan fingerprint density at radius 2 is 2.00 bits per heavy atom. The van der Waals surface area contributed by atoms with E-state index in [-0.39, 0.29) is 22.2 Å². The monoisotopic (exact) mass is 258 g/mol. The van der Waals surface area contributed by atoms with Crippen molar-refractivity contribution in [3.05, 3.63) is 17.7 Å². The van der Waals surface area contributed by atoms with E-state index in [1.165, 1.54) is 20.1 Å². The fourth-order valence-corrected chi connectivity index (χ4v) is 2.25. The minimum atomic E-state index is -3.90. The molecule has 0 saturated carbocycles. The minimum absolute atomic E-state index is 0.0355. The van der Waals surface area contributed by atoms with Gasteiger partial charge in [-0.05, 0) is 24.6 Å². The van der Waals surface area contributed by atoms with Gasteiger partial charge in [0.15, 0.2) is 5.75 Å². The van der Waals surface area contributed by atoms with Crippen LogP contribution >= 0.6 is 0 Å². The van der Waals surface area contributed by atoms with Gasteiger partial charge in [0.2, 0.25) is 15.9 Å². The number of benzene rings is 1. The number of methoxy groups -OCH3 is 1. The lowest BCUT2D eigenvalue weighted by atomic mass is 10.2. The standard InChI is InChI=1S/C10H14N2O4S/c1-6-4-8(12-7(2)13)10(16-3)9(5-6)17(11,14)15/h4-5H,1-3H3,(H,12,13)(H2,11,14,15). The average Bonchev–Trinajstić information content (AvgIpc) is 2.14. The molecule has 0 bridgehead atoms. The van der Waals surface area contributed by atoms with E-state index in [0.29, 0.717) is 5.56 Å². The van der Waals surface area contributed by atoms with Gasteiger partial charge in [-0.3, -0.25) is 4.79 Å². The van der Waals surface area contributed by atoms with E-state index in [4.69, 9.17) is 9.88 Å². The van der Waals surface area contributed by atoms with Gasteiger partial charge in [-0.25, -0.2) is 13.6 Å². The zero-order valence-electron chi connectivity index (χ0n) is 9.77. The summed E-state index contributed by atoms with van der Waals surface area (Å²) in [5.41, 5.74) is 0.933. The van der Waals surface area contributed by atoms with Crippen molar-refractivity contribution < 1.29 is 17.9 Å². The third-order valence-electron chi connectivity index (χ3n) is 2.02. The number of nitrogens with two attached hydrogens (primary N) is 1. The number of hydrogen-bond donors (Lipinski definition) is 2. The first-order valence-corrected chi connectivity index (χ1v) is 6.29. The fourth-order valence-electron chi connectivity index (χ4n) is 1.44. The molecule has 1 rings (SSSR count). The predicted molar refractivity (Wildman–Crippen MR) is 63.4 cm³/mol. The summed E-state index contributed by atoms with van der Waals surface area (Å²) in [5.74, 6) is -0.289. The fraction of sp³-hybridized carbons (Fsp3) is 0.300. The Morgan fingerprint density at radius 3 is 2.41 bits per heavy atom. The van der Waals surface area contributed by atoms with Crippen molar-refractivity contribution in [2.45, 2.75) is 18.7 Å². The molecule has 3 N–H and O–H groups in total. The Bertz CT molecular complexity index is 552. The maximum Gasteiger partial charge on any atom is 0.241 e. The van der Waals surface area contributed by atoms with Crippen molar-refractivity contribution in [1.29, 1.82) is 0 Å². The molecule has 6 nitrogen and oxygen atoms in total. The van der Waals surface area contributed by atoms with Crippen LogP contribution in [-0.2, 0) is 14.8 Å². The number of nitrogens with one attached hydrogen (secondary N) is 1. The van der Waals surface area contributed by atoms with E-state index >= 15 is 0 Å². The zero-order valence-corrected chi connectivity index (χ0v) is 10.6. The van der Waals surface area contributed by atoms with Gasteiger partial charge >= 0.3 is 0 Å². The van der Waals surface area contributed by atoms with Crippen molar-refractivity contribution in [3.63, 3.8) is 0 Å². The molecular formula is C10H14N2O4S. The van der Waals surface area contributed by atoms with Crippen LogP contribution in [0.15, 0.2) is 17.0 Å². The number of anilines is 1. The molecule has 0 saturated heterocycles. The molecule has 0 aliphatic heterocycles. The first kappa shape index (κ1) is 13.5. The van der Waals surface area contributed by atoms with Gasteiger partial charge in [0.1, 0.15) is 4.90 Å². The number of aryl methyl sites for hydroxylation is 1. The number of amides is 1. The molecule has 1 aromatic carbocycles. The quantitative estimate of drug-likeness (QED) is 0.829. The number of carbonyl (C=O) groups is 1. The maximum absolute atomic E-state index is 11.4. The van der Waals surface area contributed by atoms with Crippen LogP contribution < -0.4 is 15.2 Å². The van der Waals surface area contributed by atoms with Crippen LogP contribution in [0.4, 0.5) is 5.69 Å². The Balaban J connectivity index is 3.51. The number of rotatable bonds is 3. The van der Waals surface area contributed by atoms with Gasteiger partial charge < -0.3 is 10.1 Å². The summed E-state index contributed by atoms with van der Waals surface area (Å²) in [6.07, 6.45) is 0. The van der Waals surface area contributed by atoms with E-state index in [1.807, 2.05) is 0 Å². The highest BCUT2D eigenvalue weighted by molar-refractivity contribution is 7.89. The summed E-state index contributed by atoms with van der Waals surface area (Å²) in [5, 5.41) is 7.57. The molecule has 7 heteroatoms. The molecule has 0 aliphatic carbocycles. The van der Waals surface area contributed by atoms with Crippen LogP contribution in [0, 0.1) is 6.92 Å². The molecule has 0 unspecified atom stereocenters. The van der Waals surface area contributed by atoms with Gasteiger partial charge in [-0.2, -0.15) is 0 Å². The Morgan fingerprint density at radius 1 is 1.41 bits per heavy atom. The number of hydrogen-bond acceptors (Lipinski definition) is 4. The minimum Gasteiger partial charge on any atom is -0.493 e. The summed E-state index contributed by atoms with van der Waals surface area (Å²) in [4.78, 5) is 10.9. The van der Waals surface area contributed by atoms with Gasteiger partial charge in [-0.15, -0.1) is 0 Å². The molecule has 0 heterocycles. The number of primary sulfonamides is 1. The third-order valence-corrected chi connectivity index (χ3v) is 2.94. The smallest absolute Gasteiger partial charge is 0.241 e. The second kappa shape index (κ2) is 4.72. The van der Waals surface area contributed by atoms with Crippen LogP contribution in [0.1, 0.15) is 12.5 Å². The Kier molecular flexibility index (Phi) is 3.74. The summed E-state index contributed by atoms with van der Waals surface area (Å²) in [6.45, 7) is 3.01. The van der Waals surface area contributed by atoms with Crippen LogP contribution in [0.25, 0.3) is 0 Å². The van der Waals surface area contributed by atoms with Crippen LogP contribution in [-0.4, -0.2) is 21.4 Å². The maximum atomic E-state index is 11.4. The second-order valence-corrected chi connectivity index (χ2v) is 5.10. The van der Waals surface area contributed by atoms with Gasteiger partial charge in [0.25, 0.3) is 0 Å². The molecule has 0 fully saturated rings. The molecule has 1 aromatic rings. The van der Waals surface area contributed by atoms with Crippen LogP contribution in [0.2, 0.25) is 0 Å². The van der Waals surface area contributed by atoms with E-state index in [0.717, 1.165) is 0 Å². The summed E-state index contributed by atoms with van der Waals surface area (Å²) in [7, 11) is -2.59. The normalized spacial score (nSPS) is 11.1. The first-order chi connectivity index (χ1) is 7.75. The molecule has 0 atom stereocenters. The highest BCUT2D eigenvalue weighted by Gasteiger charge is 2.19. The van der Waals surface area contributed by atoms with Crippen molar-refractivity contribution in [1.82, 2.24) is 0 Å². The SMILES string of the molecule is COc1c(NC(C)=O)cc(C)cc1S(N)(=O)=O. The van der Waals surface area contributed by atoms with Crippen molar-refractivity contribution in [2.24, 2.45) is 5.14 Å². The van der Waals surface area contributed by atoms with Gasteiger partial charge in [0.05, 0.1) is 12.8 Å². The third kappa shape index (κ3) is 3.18. The van der Waals surface area contributed by atoms with E-state index < -0.39 is 10.0 Å². The molecule has 94 valence electrons. The Hall–Kier alpha value is -1.60. The highest BCUT2D eigenvalue weighted by Crippen LogP contribution is 2.33. The molecule has 0 aliphatic rings. The Labute approximate surface area is 99.8 Å². The van der Waals surface area contributed by atoms with Gasteiger partial charge in [0, 0.05) is 6.92 Å². The van der Waals surface area contributed by atoms with Gasteiger partial charge in [-0.1, -0.05) is 0 Å². The van der Waals surface area contributed by atoms with Crippen LogP contribution in [0.3, 0.4) is 0 Å². The largest absolute Gasteiger partial charge is 0.493 e. The zero-order chi connectivity index (χ0) is 13.2. The lowest BCUT2D eigenvalue weighted by molar-refractivity contribution is -0.114. The highest BCUT2D eigenvalue weighted by atomic mass is 32.2. The average molecular weight is 258 g/mol. The summed E-state index contributed by atoms with van der Waals surface area (Å²) >= 11 is 0. The predicted octanol–water partition coefficient (Wildman–Crippen LogP) is 0.609. The number of sulfonamides is 1. The number of carbonyl (C=O) groups excluding carboxylic acids is 1. The number of ether oxygens (including phenoxy) is 1. The second-order valence-electron chi connectivity index (χ2n) is 3.57. The van der Waals surface area contributed by atoms with E-state index in [2.05, 4.69) is 5.32 Å². The summed E-state index contributed by atoms with van der Waals surface area (Å²) in [6, 6.07) is 2.99. The molecule has 0 radical (unpaired) electrons. The molecule has 0 aromatic heterocycles. The van der Waals surface area contributed by atoms with Crippen LogP contribution in [0.5, 0.6) is 5.75 Å². The molecular weight excluding hydrogens is 244 g/mol. The topological polar surface area (TPSA) is 98.5 Å². The molecule has 0 spiro atoms. The molecule has 17 heavy (non-hydrogen) atoms. The lowest BCUT2D eigenvalue weighted by Crippen LogP contribution is -2.16. The van der Waals surface area contributed by atoms with E-state index in [1.54, 1.807) is 13.0 Å². The first-order valence-electron chi connectivity index (χ1n) is 4.74. The van der Waals surface area contributed by atoms with Crippen molar-refractivity contribution in [2.75, 3.05) is 12.4 Å².